The molecule has 214 valence electrons. The zero-order valence-electron chi connectivity index (χ0n) is 22.7. The number of allylic oxidation sites excluding steroid dienone is 2. The van der Waals surface area contributed by atoms with Crippen molar-refractivity contribution in [2.75, 3.05) is 46.7 Å². The summed E-state index contributed by atoms with van der Waals surface area (Å²) in [5.74, 6) is -0.276. The fourth-order valence-electron chi connectivity index (χ4n) is 4.59. The Kier molecular flexibility index (Phi) is 16.9. The predicted octanol–water partition coefficient (Wildman–Crippen LogP) is 2.81. The third-order valence-corrected chi connectivity index (χ3v) is 6.76. The summed E-state index contributed by atoms with van der Waals surface area (Å²) in [6.07, 6.45) is 10.3. The molecule has 1 aromatic rings. The maximum Gasteiger partial charge on any atom is 0.220 e. The highest BCUT2D eigenvalue weighted by molar-refractivity contribution is 5.75. The van der Waals surface area contributed by atoms with Crippen LogP contribution in [0.2, 0.25) is 0 Å². The number of hydrogen-bond donors (Lipinski definition) is 4. The van der Waals surface area contributed by atoms with E-state index in [1.54, 1.807) is 13.2 Å². The summed E-state index contributed by atoms with van der Waals surface area (Å²) in [5, 5.41) is 34.1. The zero-order chi connectivity index (χ0) is 27.4. The van der Waals surface area contributed by atoms with Crippen molar-refractivity contribution in [2.24, 2.45) is 11.8 Å². The van der Waals surface area contributed by atoms with Gasteiger partial charge < -0.3 is 34.8 Å². The van der Waals surface area contributed by atoms with Crippen molar-refractivity contribution >= 4 is 5.91 Å². The molecule has 1 fully saturated rings. The Morgan fingerprint density at radius 2 is 1.79 bits per heavy atom. The first-order chi connectivity index (χ1) is 18.5. The lowest BCUT2D eigenvalue weighted by molar-refractivity contribution is -0.121. The molecule has 5 atom stereocenters. The van der Waals surface area contributed by atoms with Gasteiger partial charge in [0.15, 0.2) is 0 Å². The summed E-state index contributed by atoms with van der Waals surface area (Å²) in [6.45, 7) is 3.04. The first-order valence-corrected chi connectivity index (χ1v) is 13.8. The fraction of sp³-hybridized carbons (Fsp3) is 0.633. The second kappa shape index (κ2) is 19.9. The number of methoxy groups -OCH3 is 1. The van der Waals surface area contributed by atoms with Gasteiger partial charge in [-0.25, -0.2) is 0 Å². The molecule has 1 saturated carbocycles. The second-order valence-electron chi connectivity index (χ2n) is 9.75. The average molecular weight is 534 g/mol. The van der Waals surface area contributed by atoms with Gasteiger partial charge in [0.2, 0.25) is 5.91 Å². The Labute approximate surface area is 227 Å². The molecule has 4 N–H and O–H groups in total. The highest BCUT2D eigenvalue weighted by Gasteiger charge is 2.39. The number of carbonyl (C=O) groups excluding carboxylic acids is 1. The summed E-state index contributed by atoms with van der Waals surface area (Å²) in [7, 11) is 1.63. The molecule has 8 nitrogen and oxygen atoms in total. The van der Waals surface area contributed by atoms with Crippen LogP contribution in [-0.4, -0.2) is 86.2 Å². The summed E-state index contributed by atoms with van der Waals surface area (Å²) >= 11 is 0. The van der Waals surface area contributed by atoms with Gasteiger partial charge in [0.25, 0.3) is 0 Å². The first kappa shape index (κ1) is 32.1. The van der Waals surface area contributed by atoms with Gasteiger partial charge in [-0.15, -0.1) is 0 Å². The molecule has 0 spiro atoms. The van der Waals surface area contributed by atoms with Crippen LogP contribution >= 0.6 is 0 Å². The molecule has 8 heteroatoms. The van der Waals surface area contributed by atoms with Crippen molar-refractivity contribution in [3.63, 3.8) is 0 Å². The van der Waals surface area contributed by atoms with E-state index in [-0.39, 0.29) is 17.7 Å². The van der Waals surface area contributed by atoms with Crippen molar-refractivity contribution in [1.29, 1.82) is 0 Å². The number of amides is 1. The number of benzene rings is 1. The summed E-state index contributed by atoms with van der Waals surface area (Å²) in [4.78, 5) is 11.9. The Morgan fingerprint density at radius 1 is 1.05 bits per heavy atom. The largest absolute Gasteiger partial charge is 0.393 e. The molecule has 0 radical (unpaired) electrons. The smallest absolute Gasteiger partial charge is 0.220 e. The van der Waals surface area contributed by atoms with E-state index < -0.39 is 18.3 Å². The van der Waals surface area contributed by atoms with Gasteiger partial charge in [-0.05, 0) is 43.6 Å². The van der Waals surface area contributed by atoms with E-state index in [0.29, 0.717) is 65.3 Å². The van der Waals surface area contributed by atoms with Crippen LogP contribution in [-0.2, 0) is 25.4 Å². The molecule has 1 aliphatic rings. The van der Waals surface area contributed by atoms with E-state index in [1.807, 2.05) is 48.6 Å². The Balaban J connectivity index is 1.58. The number of ether oxygens (including phenoxy) is 3. The minimum atomic E-state index is -0.614. The van der Waals surface area contributed by atoms with Crippen LogP contribution in [0.25, 0.3) is 0 Å². The molecule has 0 bridgehead atoms. The number of nitrogens with one attached hydrogen (secondary N) is 1. The molecule has 1 aliphatic carbocycles. The maximum absolute atomic E-state index is 11.9. The lowest BCUT2D eigenvalue weighted by Gasteiger charge is -2.19. The SMILES string of the molecule is COCCOCCOCCNC(=O)CCC/C=C\C[C@@H]1[C@@H](/C=C/[C@@H](O)CCc2ccccc2)[C@H](O)C[C@@H]1O. The summed E-state index contributed by atoms with van der Waals surface area (Å²) < 4.78 is 15.6. The van der Waals surface area contributed by atoms with Gasteiger partial charge in [0.05, 0.1) is 51.3 Å². The minimum Gasteiger partial charge on any atom is -0.393 e. The van der Waals surface area contributed by atoms with Gasteiger partial charge in [0.1, 0.15) is 0 Å². The molecule has 0 unspecified atom stereocenters. The lowest BCUT2D eigenvalue weighted by atomic mass is 9.89. The van der Waals surface area contributed by atoms with Crippen LogP contribution in [0, 0.1) is 11.8 Å². The standard InChI is InChI=1S/C30H47NO7/c1-36-19-20-38-22-21-37-18-17-31-30(35)12-8-3-2-7-11-26-27(29(34)23-28(26)33)16-15-25(32)14-13-24-9-5-4-6-10-24/h2,4-7,9-10,15-16,25-29,32-34H,3,8,11-14,17-23H2,1H3,(H,31,35)/b7-2-,16-15+/t25-,26+,27+,28-,29+/m0/s1. The van der Waals surface area contributed by atoms with Gasteiger partial charge in [0, 0.05) is 32.4 Å². The molecule has 1 amide bonds. The highest BCUT2D eigenvalue weighted by atomic mass is 16.5. The second-order valence-corrected chi connectivity index (χ2v) is 9.75. The molecule has 2 rings (SSSR count). The number of unbranched alkanes of at least 4 members (excludes halogenated alkanes) is 1. The Hall–Kier alpha value is -2.07. The summed E-state index contributed by atoms with van der Waals surface area (Å²) in [5.41, 5.74) is 1.18. The number of hydrogen-bond acceptors (Lipinski definition) is 7. The van der Waals surface area contributed by atoms with Crippen molar-refractivity contribution < 1.29 is 34.3 Å². The molecule has 0 aromatic heterocycles. The molecule has 38 heavy (non-hydrogen) atoms. The molecular formula is C30H47NO7. The van der Waals surface area contributed by atoms with E-state index in [4.69, 9.17) is 14.2 Å². The van der Waals surface area contributed by atoms with Crippen molar-refractivity contribution in [1.82, 2.24) is 5.32 Å². The highest BCUT2D eigenvalue weighted by Crippen LogP contribution is 2.36. The number of aliphatic hydroxyl groups excluding tert-OH is 3. The van der Waals surface area contributed by atoms with Crippen molar-refractivity contribution in [3.8, 4) is 0 Å². The normalized spacial score (nSPS) is 22.4. The van der Waals surface area contributed by atoms with E-state index in [1.165, 1.54) is 5.56 Å². The van der Waals surface area contributed by atoms with Gasteiger partial charge in [-0.1, -0.05) is 54.6 Å². The van der Waals surface area contributed by atoms with E-state index in [0.717, 1.165) is 19.3 Å². The third-order valence-electron chi connectivity index (χ3n) is 6.76. The molecule has 0 heterocycles. The molecular weight excluding hydrogens is 486 g/mol. The van der Waals surface area contributed by atoms with Crippen LogP contribution in [0.5, 0.6) is 0 Å². The van der Waals surface area contributed by atoms with Crippen LogP contribution in [0.4, 0.5) is 0 Å². The number of rotatable bonds is 20. The van der Waals surface area contributed by atoms with Crippen LogP contribution in [0.15, 0.2) is 54.6 Å². The molecule has 0 aliphatic heterocycles. The average Bonchev–Trinajstić information content (AvgIpc) is 3.19. The van der Waals surface area contributed by atoms with E-state index >= 15 is 0 Å². The van der Waals surface area contributed by atoms with Crippen LogP contribution < -0.4 is 5.32 Å². The van der Waals surface area contributed by atoms with Crippen LogP contribution in [0.3, 0.4) is 0 Å². The zero-order valence-corrected chi connectivity index (χ0v) is 22.7. The van der Waals surface area contributed by atoms with Gasteiger partial charge >= 0.3 is 0 Å². The number of aliphatic hydroxyl groups is 3. The predicted molar refractivity (Wildman–Crippen MR) is 148 cm³/mol. The molecule has 1 aromatic carbocycles. The minimum absolute atomic E-state index is 0.00343. The first-order valence-electron chi connectivity index (χ1n) is 13.8. The lowest BCUT2D eigenvalue weighted by Crippen LogP contribution is -2.27. The topological polar surface area (TPSA) is 117 Å². The van der Waals surface area contributed by atoms with Crippen molar-refractivity contribution in [3.05, 3.63) is 60.2 Å². The van der Waals surface area contributed by atoms with Gasteiger partial charge in [-0.3, -0.25) is 4.79 Å². The van der Waals surface area contributed by atoms with E-state index in [9.17, 15) is 20.1 Å². The third kappa shape index (κ3) is 13.6. The van der Waals surface area contributed by atoms with Crippen molar-refractivity contribution in [2.45, 2.75) is 63.3 Å². The number of aryl methyl sites for hydroxylation is 1. The van der Waals surface area contributed by atoms with Crippen LogP contribution in [0.1, 0.15) is 44.1 Å². The summed E-state index contributed by atoms with van der Waals surface area (Å²) in [6, 6.07) is 10.0. The fourth-order valence-corrected chi connectivity index (χ4v) is 4.59. The molecule has 0 saturated heterocycles. The Morgan fingerprint density at radius 3 is 2.55 bits per heavy atom. The Bertz CT molecular complexity index is 801. The quantitative estimate of drug-likeness (QED) is 0.150. The van der Waals surface area contributed by atoms with E-state index in [2.05, 4.69) is 5.32 Å². The number of carbonyl (C=O) groups is 1. The van der Waals surface area contributed by atoms with Gasteiger partial charge in [-0.2, -0.15) is 0 Å². The monoisotopic (exact) mass is 533 g/mol. The maximum atomic E-state index is 11.9.